The third-order valence-electron chi connectivity index (χ3n) is 3.53. The van der Waals surface area contributed by atoms with Gasteiger partial charge in [-0.25, -0.2) is 0 Å². The summed E-state index contributed by atoms with van der Waals surface area (Å²) in [5.41, 5.74) is 2.94. The van der Waals surface area contributed by atoms with Gasteiger partial charge in [-0.1, -0.05) is 29.8 Å². The normalized spacial score (nSPS) is 11.2. The van der Waals surface area contributed by atoms with Crippen LogP contribution in [0.1, 0.15) is 18.2 Å². The lowest BCUT2D eigenvalue weighted by atomic mass is 10.0. The first-order chi connectivity index (χ1) is 11.1. The van der Waals surface area contributed by atoms with Crippen molar-refractivity contribution in [3.8, 4) is 5.75 Å². The number of allylic oxidation sites excluding steroid dienone is 1. The molecule has 1 aromatic carbocycles. The van der Waals surface area contributed by atoms with E-state index in [0.29, 0.717) is 13.0 Å². The number of carbonyl (C=O) groups excluding carboxylic acids is 1. The van der Waals surface area contributed by atoms with E-state index in [4.69, 9.17) is 4.74 Å². The van der Waals surface area contributed by atoms with Gasteiger partial charge < -0.3 is 9.64 Å². The number of nitrogens with zero attached hydrogens (tertiary/aromatic N) is 2. The van der Waals surface area contributed by atoms with Gasteiger partial charge in [-0.3, -0.25) is 9.78 Å². The van der Waals surface area contributed by atoms with Gasteiger partial charge in [-0.05, 0) is 37.1 Å². The second-order valence-electron chi connectivity index (χ2n) is 5.49. The zero-order valence-electron chi connectivity index (χ0n) is 13.8. The van der Waals surface area contributed by atoms with Crippen LogP contribution in [-0.2, 0) is 17.8 Å². The number of methoxy groups -OCH3 is 1. The summed E-state index contributed by atoms with van der Waals surface area (Å²) in [5.74, 6) is 0.817. The van der Waals surface area contributed by atoms with Crippen LogP contribution in [0, 0.1) is 0 Å². The van der Waals surface area contributed by atoms with E-state index in [2.05, 4.69) is 4.98 Å². The summed E-state index contributed by atoms with van der Waals surface area (Å²) in [6.45, 7) is 2.46. The van der Waals surface area contributed by atoms with Crippen LogP contribution < -0.4 is 4.74 Å². The lowest BCUT2D eigenvalue weighted by molar-refractivity contribution is -0.125. The molecule has 0 radical (unpaired) electrons. The Balaban J connectivity index is 2.00. The summed E-state index contributed by atoms with van der Waals surface area (Å²) in [6, 6.07) is 13.5. The molecular weight excluding hydrogens is 288 g/mol. The average Bonchev–Trinajstić information content (AvgIpc) is 2.56. The van der Waals surface area contributed by atoms with Gasteiger partial charge in [0.05, 0.1) is 19.3 Å². The molecule has 0 aliphatic heterocycles. The van der Waals surface area contributed by atoms with Crippen LogP contribution in [-0.4, -0.2) is 29.9 Å². The maximum Gasteiger partial charge on any atom is 0.246 e. The fraction of sp³-hybridized carbons (Fsp3) is 0.263. The number of rotatable bonds is 6. The van der Waals surface area contributed by atoms with E-state index in [9.17, 15) is 4.79 Å². The molecule has 0 saturated heterocycles. The minimum atomic E-state index is -0.0250. The lowest BCUT2D eigenvalue weighted by Gasteiger charge is -2.15. The molecule has 0 spiro atoms. The van der Waals surface area contributed by atoms with Crippen molar-refractivity contribution in [1.82, 2.24) is 9.88 Å². The first-order valence-electron chi connectivity index (χ1n) is 7.54. The highest BCUT2D eigenvalue weighted by atomic mass is 16.5. The van der Waals surface area contributed by atoms with Gasteiger partial charge in [0.25, 0.3) is 0 Å². The molecule has 1 aromatic heterocycles. The van der Waals surface area contributed by atoms with Gasteiger partial charge in [-0.15, -0.1) is 0 Å². The molecule has 4 heteroatoms. The Kier molecular flexibility index (Phi) is 5.92. The van der Waals surface area contributed by atoms with Crippen molar-refractivity contribution in [2.75, 3.05) is 14.2 Å². The van der Waals surface area contributed by atoms with Gasteiger partial charge >= 0.3 is 0 Å². The predicted molar refractivity (Wildman–Crippen MR) is 91.2 cm³/mol. The predicted octanol–water partition coefficient (Wildman–Crippen LogP) is 3.24. The minimum Gasteiger partial charge on any atom is -0.496 e. The number of hydrogen-bond donors (Lipinski definition) is 0. The summed E-state index contributed by atoms with van der Waals surface area (Å²) in [7, 11) is 3.44. The Bertz CT molecular complexity index is 681. The topological polar surface area (TPSA) is 42.4 Å². The molecular formula is C19H22N2O2. The van der Waals surface area contributed by atoms with Crippen molar-refractivity contribution in [1.29, 1.82) is 0 Å². The third-order valence-corrected chi connectivity index (χ3v) is 3.53. The molecule has 0 fully saturated rings. The number of para-hydroxylation sites is 1. The number of carbonyl (C=O) groups is 1. The van der Waals surface area contributed by atoms with Gasteiger partial charge in [-0.2, -0.15) is 0 Å². The quantitative estimate of drug-likeness (QED) is 0.769. The number of pyridine rings is 1. The molecule has 0 unspecified atom stereocenters. The van der Waals surface area contributed by atoms with Crippen LogP contribution >= 0.6 is 0 Å². The maximum atomic E-state index is 12.3. The number of amides is 1. The van der Waals surface area contributed by atoms with Crippen LogP contribution in [0.3, 0.4) is 0 Å². The second-order valence-corrected chi connectivity index (χ2v) is 5.49. The molecule has 0 atom stereocenters. The summed E-state index contributed by atoms with van der Waals surface area (Å²) < 4.78 is 5.35. The highest BCUT2D eigenvalue weighted by molar-refractivity contribution is 5.88. The molecule has 120 valence electrons. The molecule has 4 nitrogen and oxygen atoms in total. The lowest BCUT2D eigenvalue weighted by Crippen LogP contribution is -2.25. The fourth-order valence-electron chi connectivity index (χ4n) is 2.33. The summed E-state index contributed by atoms with van der Waals surface area (Å²) in [5, 5.41) is 0. The second kappa shape index (κ2) is 8.13. The number of likely N-dealkylation sites (N-methyl/N-ethyl adjacent to an activating group) is 1. The van der Waals surface area contributed by atoms with Crippen molar-refractivity contribution in [2.24, 2.45) is 0 Å². The van der Waals surface area contributed by atoms with Crippen molar-refractivity contribution in [3.63, 3.8) is 0 Å². The molecule has 0 saturated carbocycles. The van der Waals surface area contributed by atoms with E-state index in [1.807, 2.05) is 49.4 Å². The largest absolute Gasteiger partial charge is 0.496 e. The number of hydrogen-bond acceptors (Lipinski definition) is 3. The minimum absolute atomic E-state index is 0.0250. The van der Waals surface area contributed by atoms with E-state index in [0.717, 1.165) is 22.6 Å². The average molecular weight is 310 g/mol. The monoisotopic (exact) mass is 310 g/mol. The molecule has 0 aliphatic carbocycles. The Morgan fingerprint density at radius 3 is 2.65 bits per heavy atom. The van der Waals surface area contributed by atoms with Crippen LogP contribution in [0.5, 0.6) is 5.75 Å². The molecule has 2 rings (SSSR count). The Morgan fingerprint density at radius 1 is 1.22 bits per heavy atom. The van der Waals surface area contributed by atoms with Crippen LogP contribution in [0.15, 0.2) is 60.3 Å². The van der Waals surface area contributed by atoms with Crippen molar-refractivity contribution in [2.45, 2.75) is 19.9 Å². The van der Waals surface area contributed by atoms with Crippen molar-refractivity contribution in [3.05, 3.63) is 71.6 Å². The van der Waals surface area contributed by atoms with E-state index in [1.165, 1.54) is 0 Å². The van der Waals surface area contributed by atoms with Gasteiger partial charge in [0, 0.05) is 19.3 Å². The molecule has 0 N–H and O–H groups in total. The third kappa shape index (κ3) is 4.95. The first kappa shape index (κ1) is 16.7. The molecule has 23 heavy (non-hydrogen) atoms. The van der Waals surface area contributed by atoms with Crippen LogP contribution in [0.25, 0.3) is 0 Å². The fourth-order valence-corrected chi connectivity index (χ4v) is 2.33. The van der Waals surface area contributed by atoms with E-state index in [-0.39, 0.29) is 5.91 Å². The summed E-state index contributed by atoms with van der Waals surface area (Å²) >= 11 is 0. The number of benzene rings is 1. The van der Waals surface area contributed by atoms with Gasteiger partial charge in [0.1, 0.15) is 5.75 Å². The van der Waals surface area contributed by atoms with Gasteiger partial charge in [0.15, 0.2) is 0 Å². The van der Waals surface area contributed by atoms with Crippen molar-refractivity contribution >= 4 is 5.91 Å². The summed E-state index contributed by atoms with van der Waals surface area (Å²) in [4.78, 5) is 18.2. The van der Waals surface area contributed by atoms with E-state index in [1.54, 1.807) is 31.3 Å². The molecule has 2 aromatic rings. The first-order valence-corrected chi connectivity index (χ1v) is 7.54. The van der Waals surface area contributed by atoms with E-state index >= 15 is 0 Å². The van der Waals surface area contributed by atoms with Gasteiger partial charge in [0.2, 0.25) is 5.91 Å². The molecule has 0 aliphatic rings. The zero-order valence-corrected chi connectivity index (χ0v) is 13.8. The molecule has 1 amide bonds. The van der Waals surface area contributed by atoms with Crippen LogP contribution in [0.2, 0.25) is 0 Å². The zero-order chi connectivity index (χ0) is 16.7. The molecule has 1 heterocycles. The standard InChI is InChI=1S/C19H22N2O2/c1-15(12-16-8-4-5-10-18(16)23-3)13-19(22)21(2)14-17-9-6-7-11-20-17/h4-11,13H,12,14H2,1-3H3. The van der Waals surface area contributed by atoms with Crippen molar-refractivity contribution < 1.29 is 9.53 Å². The molecule has 0 bridgehead atoms. The number of aromatic nitrogens is 1. The van der Waals surface area contributed by atoms with Crippen LogP contribution in [0.4, 0.5) is 0 Å². The Morgan fingerprint density at radius 2 is 1.96 bits per heavy atom. The van der Waals surface area contributed by atoms with E-state index < -0.39 is 0 Å². The highest BCUT2D eigenvalue weighted by Gasteiger charge is 2.09. The maximum absolute atomic E-state index is 12.3. The Labute approximate surface area is 137 Å². The number of ether oxygens (including phenoxy) is 1. The highest BCUT2D eigenvalue weighted by Crippen LogP contribution is 2.20. The SMILES string of the molecule is COc1ccccc1CC(C)=CC(=O)N(C)Cc1ccccn1. The smallest absolute Gasteiger partial charge is 0.246 e. The summed E-state index contributed by atoms with van der Waals surface area (Å²) in [6.07, 6.45) is 4.10. The Hall–Kier alpha value is -2.62.